The van der Waals surface area contributed by atoms with Gasteiger partial charge >= 0.3 is 6.36 Å². The Balaban J connectivity index is 2.25. The van der Waals surface area contributed by atoms with Crippen LogP contribution in [0.2, 0.25) is 0 Å². The van der Waals surface area contributed by atoms with Gasteiger partial charge in [-0.3, -0.25) is 0 Å². The Labute approximate surface area is 128 Å². The monoisotopic (exact) mass is 326 g/mol. The van der Waals surface area contributed by atoms with Crippen molar-refractivity contribution in [2.24, 2.45) is 0 Å². The summed E-state index contributed by atoms with van der Waals surface area (Å²) in [5.74, 6) is -0.799. The molecule has 2 aromatic carbocycles. The second kappa shape index (κ2) is 5.66. The van der Waals surface area contributed by atoms with E-state index in [4.69, 9.17) is 5.11 Å². The first-order chi connectivity index (χ1) is 10.9. The van der Waals surface area contributed by atoms with Crippen LogP contribution in [0, 0.1) is 5.82 Å². The van der Waals surface area contributed by atoms with Crippen molar-refractivity contribution in [3.05, 3.63) is 48.4 Å². The third kappa shape index (κ3) is 3.19. The molecule has 3 rings (SSSR count). The van der Waals surface area contributed by atoms with Gasteiger partial charge in [-0.1, -0.05) is 0 Å². The number of aliphatic hydroxyl groups excluding tert-OH is 1. The highest BCUT2D eigenvalue weighted by Gasteiger charge is 2.31. The van der Waals surface area contributed by atoms with Crippen LogP contribution in [-0.2, 0) is 6.54 Å². The molecule has 0 saturated heterocycles. The molecule has 0 amide bonds. The zero-order valence-electron chi connectivity index (χ0n) is 11.8. The first kappa shape index (κ1) is 15.5. The molecule has 0 radical (unpaired) electrons. The number of hydrogen-bond donors (Lipinski definition) is 1. The van der Waals surface area contributed by atoms with Crippen molar-refractivity contribution in [3.63, 3.8) is 0 Å². The summed E-state index contributed by atoms with van der Waals surface area (Å²) >= 11 is 0. The maximum Gasteiger partial charge on any atom is 0.573 e. The van der Waals surface area contributed by atoms with E-state index in [1.165, 1.54) is 30.3 Å². The number of halogens is 4. The first-order valence-electron chi connectivity index (χ1n) is 6.79. The molecule has 3 aromatic rings. The van der Waals surface area contributed by atoms with Crippen LogP contribution in [0.5, 0.6) is 5.75 Å². The van der Waals surface area contributed by atoms with Crippen molar-refractivity contribution in [2.75, 3.05) is 6.61 Å². The maximum atomic E-state index is 13.6. The summed E-state index contributed by atoms with van der Waals surface area (Å²) in [7, 11) is 0. The molecule has 7 heteroatoms. The van der Waals surface area contributed by atoms with E-state index in [9.17, 15) is 17.6 Å². The van der Waals surface area contributed by atoms with Gasteiger partial charge in [0, 0.05) is 11.5 Å². The largest absolute Gasteiger partial charge is 0.573 e. The van der Waals surface area contributed by atoms with Crippen molar-refractivity contribution in [3.8, 4) is 5.75 Å². The predicted octanol–water partition coefficient (Wildman–Crippen LogP) is 3.31. The van der Waals surface area contributed by atoms with Crippen molar-refractivity contribution in [1.82, 2.24) is 0 Å². The van der Waals surface area contributed by atoms with Gasteiger partial charge in [-0.05, 0) is 30.3 Å². The Bertz CT molecular complexity index is 877. The van der Waals surface area contributed by atoms with Gasteiger partial charge in [-0.2, -0.15) is 4.57 Å². The third-order valence-corrected chi connectivity index (χ3v) is 3.45. The number of ether oxygens (including phenoxy) is 1. The van der Waals surface area contributed by atoms with Crippen LogP contribution in [0.4, 0.5) is 17.6 Å². The molecule has 0 bridgehead atoms. The van der Waals surface area contributed by atoms with Gasteiger partial charge < -0.3 is 9.84 Å². The lowest BCUT2D eigenvalue weighted by molar-refractivity contribution is -0.671. The van der Waals surface area contributed by atoms with E-state index in [0.717, 1.165) is 0 Å². The molecular weight excluding hydrogens is 314 g/mol. The molecule has 0 spiro atoms. The van der Waals surface area contributed by atoms with Crippen LogP contribution in [0.25, 0.3) is 21.7 Å². The molecule has 0 aliphatic carbocycles. The molecule has 1 heterocycles. The molecular formula is C16H12F4NO2+. The van der Waals surface area contributed by atoms with Crippen LogP contribution in [0.3, 0.4) is 0 Å². The van der Waals surface area contributed by atoms with E-state index in [0.29, 0.717) is 21.7 Å². The Morgan fingerprint density at radius 1 is 1.04 bits per heavy atom. The van der Waals surface area contributed by atoms with E-state index >= 15 is 0 Å². The molecule has 0 aliphatic rings. The fourth-order valence-corrected chi connectivity index (χ4v) is 2.59. The number of fused-ring (bicyclic) bond motifs is 3. The Morgan fingerprint density at radius 2 is 1.83 bits per heavy atom. The smallest absolute Gasteiger partial charge is 0.406 e. The van der Waals surface area contributed by atoms with Crippen molar-refractivity contribution in [1.29, 1.82) is 0 Å². The minimum absolute atomic E-state index is 0.151. The molecule has 23 heavy (non-hydrogen) atoms. The van der Waals surface area contributed by atoms with Crippen LogP contribution in [-0.4, -0.2) is 18.1 Å². The average molecular weight is 326 g/mol. The second-order valence-electron chi connectivity index (χ2n) is 5.00. The molecule has 0 aliphatic heterocycles. The molecule has 0 saturated carbocycles. The van der Waals surface area contributed by atoms with Crippen molar-refractivity contribution < 1.29 is 32.0 Å². The fourth-order valence-electron chi connectivity index (χ4n) is 2.59. The Kier molecular flexibility index (Phi) is 3.81. The van der Waals surface area contributed by atoms with E-state index in [1.54, 1.807) is 16.8 Å². The predicted molar refractivity (Wildman–Crippen MR) is 75.4 cm³/mol. The number of hydrogen-bond acceptors (Lipinski definition) is 2. The first-order valence-corrected chi connectivity index (χ1v) is 6.79. The summed E-state index contributed by atoms with van der Waals surface area (Å²) in [5.41, 5.74) is 0.678. The minimum atomic E-state index is -4.78. The summed E-state index contributed by atoms with van der Waals surface area (Å²) < 4.78 is 56.1. The standard InChI is InChI=1S/C16H12F4NO2/c17-11-1-4-15-14(8-11)13-3-2-12(23-16(18,19)20)7-10(13)9-21(15)5-6-22/h1-4,7-9,22H,5-6H2/q+1. The molecule has 0 unspecified atom stereocenters. The van der Waals surface area contributed by atoms with E-state index in [-0.39, 0.29) is 18.9 Å². The fraction of sp³-hybridized carbons (Fsp3) is 0.188. The van der Waals surface area contributed by atoms with Crippen molar-refractivity contribution in [2.45, 2.75) is 12.9 Å². The van der Waals surface area contributed by atoms with Crippen LogP contribution in [0.1, 0.15) is 0 Å². The van der Waals surface area contributed by atoms with Crippen LogP contribution < -0.4 is 9.30 Å². The van der Waals surface area contributed by atoms with E-state index < -0.39 is 12.2 Å². The third-order valence-electron chi connectivity index (χ3n) is 3.45. The van der Waals surface area contributed by atoms with Gasteiger partial charge in [0.25, 0.3) is 0 Å². The zero-order chi connectivity index (χ0) is 16.6. The summed E-state index contributed by atoms with van der Waals surface area (Å²) in [6.07, 6.45) is -3.17. The topological polar surface area (TPSA) is 33.3 Å². The van der Waals surface area contributed by atoms with Crippen LogP contribution in [0.15, 0.2) is 42.6 Å². The van der Waals surface area contributed by atoms with Gasteiger partial charge in [-0.25, -0.2) is 4.39 Å². The molecule has 1 N–H and O–H groups in total. The second-order valence-corrected chi connectivity index (χ2v) is 5.00. The van der Waals surface area contributed by atoms with Crippen LogP contribution >= 0.6 is 0 Å². The normalized spacial score (nSPS) is 12.0. The lowest BCUT2D eigenvalue weighted by Crippen LogP contribution is -2.36. The summed E-state index contributed by atoms with van der Waals surface area (Å²) in [6, 6.07) is 8.07. The number of aliphatic hydroxyl groups is 1. The average Bonchev–Trinajstić information content (AvgIpc) is 2.45. The molecule has 3 nitrogen and oxygen atoms in total. The van der Waals surface area contributed by atoms with Gasteiger partial charge in [0.05, 0.1) is 10.8 Å². The Morgan fingerprint density at radius 3 is 2.52 bits per heavy atom. The van der Waals surface area contributed by atoms with Gasteiger partial charge in [0.1, 0.15) is 18.2 Å². The van der Waals surface area contributed by atoms with Gasteiger partial charge in [0.15, 0.2) is 12.7 Å². The number of alkyl halides is 3. The zero-order valence-corrected chi connectivity index (χ0v) is 11.8. The number of pyridine rings is 1. The highest BCUT2D eigenvalue weighted by molar-refractivity contribution is 6.04. The molecule has 0 atom stereocenters. The number of aromatic nitrogens is 1. The molecule has 120 valence electrons. The van der Waals surface area contributed by atoms with Gasteiger partial charge in [0.2, 0.25) is 5.52 Å². The van der Waals surface area contributed by atoms with E-state index in [1.807, 2.05) is 0 Å². The summed E-state index contributed by atoms with van der Waals surface area (Å²) in [4.78, 5) is 0. The number of benzene rings is 2. The molecule has 1 aromatic heterocycles. The minimum Gasteiger partial charge on any atom is -0.406 e. The summed E-state index contributed by atoms with van der Waals surface area (Å²) in [5, 5.41) is 10.8. The lowest BCUT2D eigenvalue weighted by Gasteiger charge is -2.10. The van der Waals surface area contributed by atoms with E-state index in [2.05, 4.69) is 4.74 Å². The van der Waals surface area contributed by atoms with Gasteiger partial charge in [-0.15, -0.1) is 13.2 Å². The Hall–Kier alpha value is -2.41. The lowest BCUT2D eigenvalue weighted by atomic mass is 10.1. The maximum absolute atomic E-state index is 13.6. The number of rotatable bonds is 3. The summed E-state index contributed by atoms with van der Waals surface area (Å²) in [6.45, 7) is 0.0871. The highest BCUT2D eigenvalue weighted by Crippen LogP contribution is 2.29. The quantitative estimate of drug-likeness (QED) is 0.455. The SMILES string of the molecule is OCC[n+]1cc2cc(OC(F)(F)F)ccc2c2cc(F)ccc21. The highest BCUT2D eigenvalue weighted by atomic mass is 19.4. The van der Waals surface area contributed by atoms with Crippen molar-refractivity contribution >= 4 is 21.7 Å². The molecule has 0 fully saturated rings. The number of nitrogens with zero attached hydrogens (tertiary/aromatic N) is 1.